The van der Waals surface area contributed by atoms with E-state index >= 15 is 0 Å². The molecule has 0 heterocycles. The van der Waals surface area contributed by atoms with Crippen LogP contribution in [0.25, 0.3) is 44.2 Å². The molecule has 44 heavy (non-hydrogen) atoms. The zero-order chi connectivity index (χ0) is 30.2. The van der Waals surface area contributed by atoms with Gasteiger partial charge in [-0.05, 0) is 114 Å². The molecule has 0 saturated heterocycles. The highest BCUT2D eigenvalue weighted by molar-refractivity contribution is 6.03. The van der Waals surface area contributed by atoms with Crippen LogP contribution < -0.4 is 5.32 Å². The van der Waals surface area contributed by atoms with E-state index in [1.54, 1.807) is 0 Å². The van der Waals surface area contributed by atoms with E-state index < -0.39 is 0 Å². The van der Waals surface area contributed by atoms with Crippen LogP contribution in [0.5, 0.6) is 0 Å². The van der Waals surface area contributed by atoms with Crippen LogP contribution >= 0.6 is 0 Å². The molecule has 214 valence electrons. The van der Waals surface area contributed by atoms with Gasteiger partial charge in [0, 0.05) is 27.6 Å². The van der Waals surface area contributed by atoms with Gasteiger partial charge in [-0.2, -0.15) is 0 Å². The molecule has 0 unspecified atom stereocenters. The number of anilines is 2. The monoisotopic (exact) mass is 567 g/mol. The van der Waals surface area contributed by atoms with Crippen LogP contribution in [0.1, 0.15) is 74.9 Å². The van der Waals surface area contributed by atoms with Gasteiger partial charge < -0.3 is 5.32 Å². The van der Waals surface area contributed by atoms with E-state index in [1.807, 2.05) is 0 Å². The van der Waals surface area contributed by atoms with Gasteiger partial charge in [-0.15, -0.1) is 0 Å². The van der Waals surface area contributed by atoms with E-state index in [0.717, 1.165) is 11.4 Å². The maximum Gasteiger partial charge on any atom is 0.0387 e. The topological polar surface area (TPSA) is 12.0 Å². The lowest BCUT2D eigenvalue weighted by Gasteiger charge is -2.24. The minimum Gasteiger partial charge on any atom is -0.356 e. The Bertz CT molecular complexity index is 2230. The predicted molar refractivity (Wildman–Crippen MR) is 186 cm³/mol. The van der Waals surface area contributed by atoms with Crippen molar-refractivity contribution in [2.45, 2.75) is 57.8 Å². The van der Waals surface area contributed by atoms with E-state index in [0.29, 0.717) is 0 Å². The van der Waals surface area contributed by atoms with Crippen molar-refractivity contribution >= 4 is 22.1 Å². The van der Waals surface area contributed by atoms with Crippen LogP contribution in [0, 0.1) is 0 Å². The van der Waals surface area contributed by atoms with Crippen LogP contribution in [0.15, 0.2) is 109 Å². The zero-order valence-corrected chi connectivity index (χ0v) is 26.4. The summed E-state index contributed by atoms with van der Waals surface area (Å²) in [6.07, 6.45) is 0. The fourth-order valence-corrected chi connectivity index (χ4v) is 8.76. The maximum atomic E-state index is 3.78. The molecule has 0 atom stereocenters. The highest BCUT2D eigenvalue weighted by atomic mass is 14.9. The Morgan fingerprint density at radius 3 is 1.66 bits per heavy atom. The summed E-state index contributed by atoms with van der Waals surface area (Å²) in [5.74, 6) is 0. The molecule has 1 heteroatoms. The molecule has 3 aliphatic rings. The van der Waals surface area contributed by atoms with Crippen molar-refractivity contribution in [1.29, 1.82) is 0 Å². The predicted octanol–water partition coefficient (Wildman–Crippen LogP) is 11.5. The molecule has 0 saturated carbocycles. The molecule has 9 rings (SSSR count). The van der Waals surface area contributed by atoms with Crippen LogP contribution in [0.2, 0.25) is 0 Å². The number of benzene rings is 6. The minimum atomic E-state index is -0.101. The Morgan fingerprint density at radius 2 is 0.909 bits per heavy atom. The summed E-state index contributed by atoms with van der Waals surface area (Å²) in [6.45, 7) is 14.3. The van der Waals surface area contributed by atoms with Crippen LogP contribution in [0.3, 0.4) is 0 Å². The third-order valence-corrected chi connectivity index (χ3v) is 11.2. The molecule has 0 aromatic heterocycles. The molecule has 3 aliphatic carbocycles. The average Bonchev–Trinajstić information content (AvgIpc) is 3.49. The summed E-state index contributed by atoms with van der Waals surface area (Å²) < 4.78 is 0. The van der Waals surface area contributed by atoms with Crippen molar-refractivity contribution in [3.63, 3.8) is 0 Å². The van der Waals surface area contributed by atoms with Gasteiger partial charge in [-0.1, -0.05) is 114 Å². The fourth-order valence-electron chi connectivity index (χ4n) is 8.76. The second kappa shape index (κ2) is 8.30. The number of rotatable bonds is 2. The lowest BCUT2D eigenvalue weighted by molar-refractivity contribution is 0.652. The molecule has 1 N–H and O–H groups in total. The van der Waals surface area contributed by atoms with Gasteiger partial charge in [0.05, 0.1) is 0 Å². The SMILES string of the molecule is CC1(C)c2ccccc2-c2ccc(Nc3ccc4c(c3)C(C)(C)c3cc5c(cc3-4)C(C)(C)c3ccc4ccccc4c3-5)cc21. The fraction of sp³-hybridized carbons (Fsp3) is 0.209. The van der Waals surface area contributed by atoms with E-state index in [9.17, 15) is 0 Å². The summed E-state index contributed by atoms with van der Waals surface area (Å²) in [4.78, 5) is 0. The Hall–Kier alpha value is -4.62. The molecule has 0 spiro atoms. The van der Waals surface area contributed by atoms with Gasteiger partial charge in [-0.3, -0.25) is 0 Å². The minimum absolute atomic E-state index is 0.0106. The molecule has 1 nitrogen and oxygen atoms in total. The summed E-state index contributed by atoms with van der Waals surface area (Å²) in [5, 5.41) is 6.45. The van der Waals surface area contributed by atoms with Gasteiger partial charge in [0.2, 0.25) is 0 Å². The first kappa shape index (κ1) is 25.8. The summed E-state index contributed by atoms with van der Waals surface area (Å²) in [5.41, 5.74) is 18.9. The van der Waals surface area contributed by atoms with E-state index in [-0.39, 0.29) is 16.2 Å². The van der Waals surface area contributed by atoms with Gasteiger partial charge in [0.25, 0.3) is 0 Å². The van der Waals surface area contributed by atoms with Crippen LogP contribution in [0.4, 0.5) is 11.4 Å². The van der Waals surface area contributed by atoms with Crippen molar-refractivity contribution in [2.75, 3.05) is 5.32 Å². The first-order valence-electron chi connectivity index (χ1n) is 15.9. The quantitative estimate of drug-likeness (QED) is 0.219. The van der Waals surface area contributed by atoms with Crippen molar-refractivity contribution < 1.29 is 0 Å². The lowest BCUT2D eigenvalue weighted by Crippen LogP contribution is -2.17. The van der Waals surface area contributed by atoms with Crippen molar-refractivity contribution in [1.82, 2.24) is 0 Å². The standard InChI is InChI=1S/C43H37N/c1-41(2)34-14-10-9-13-29(34)30-18-16-26(21-36(30)41)44-27-17-19-31-32-23-39-33(24-38(32)43(5,6)37(31)22-27)40-28-12-8-7-11-25(28)15-20-35(40)42(39,3)4/h7-24,44H,1-6H3. The largest absolute Gasteiger partial charge is 0.356 e. The summed E-state index contributed by atoms with van der Waals surface area (Å²) in [7, 11) is 0. The number of fused-ring (bicyclic) bond motifs is 11. The van der Waals surface area contributed by atoms with E-state index in [4.69, 9.17) is 0 Å². The third-order valence-electron chi connectivity index (χ3n) is 11.2. The first-order valence-corrected chi connectivity index (χ1v) is 15.9. The first-order chi connectivity index (χ1) is 21.1. The normalized spacial score (nSPS) is 17.0. The molecular weight excluding hydrogens is 530 g/mol. The van der Waals surface area contributed by atoms with Gasteiger partial charge in [0.1, 0.15) is 0 Å². The Labute approximate surface area is 260 Å². The highest BCUT2D eigenvalue weighted by Gasteiger charge is 2.42. The highest BCUT2D eigenvalue weighted by Crippen LogP contribution is 2.57. The summed E-state index contributed by atoms with van der Waals surface area (Å²) >= 11 is 0. The molecule has 0 amide bonds. The average molecular weight is 568 g/mol. The lowest BCUT2D eigenvalue weighted by atomic mass is 9.79. The molecule has 0 fully saturated rings. The van der Waals surface area contributed by atoms with Crippen LogP contribution in [-0.4, -0.2) is 0 Å². The molecule has 0 aliphatic heterocycles. The second-order valence-electron chi connectivity index (χ2n) is 14.7. The van der Waals surface area contributed by atoms with Gasteiger partial charge >= 0.3 is 0 Å². The molecule has 6 aromatic rings. The summed E-state index contributed by atoms with van der Waals surface area (Å²) in [6, 6.07) is 41.3. The molecular formula is C43H37N. The Morgan fingerprint density at radius 1 is 0.386 bits per heavy atom. The Kier molecular flexibility index (Phi) is 4.87. The molecule has 0 bridgehead atoms. The molecule has 0 radical (unpaired) electrons. The van der Waals surface area contributed by atoms with Crippen molar-refractivity contribution in [3.8, 4) is 33.4 Å². The van der Waals surface area contributed by atoms with Crippen molar-refractivity contribution in [2.24, 2.45) is 0 Å². The smallest absolute Gasteiger partial charge is 0.0387 e. The van der Waals surface area contributed by atoms with Gasteiger partial charge in [0.15, 0.2) is 0 Å². The number of hydrogen-bond acceptors (Lipinski definition) is 1. The number of hydrogen-bond donors (Lipinski definition) is 1. The van der Waals surface area contributed by atoms with Gasteiger partial charge in [-0.25, -0.2) is 0 Å². The van der Waals surface area contributed by atoms with Crippen molar-refractivity contribution in [3.05, 3.63) is 143 Å². The van der Waals surface area contributed by atoms with E-state index in [2.05, 4.69) is 156 Å². The van der Waals surface area contributed by atoms with Crippen LogP contribution in [-0.2, 0) is 16.2 Å². The Balaban J connectivity index is 1.13. The van der Waals surface area contributed by atoms with E-state index in [1.165, 1.54) is 77.5 Å². The zero-order valence-electron chi connectivity index (χ0n) is 26.4. The molecule has 6 aromatic carbocycles. The second-order valence-corrected chi connectivity index (χ2v) is 14.7. The third kappa shape index (κ3) is 3.20. The number of nitrogens with one attached hydrogen (secondary N) is 1. The maximum absolute atomic E-state index is 3.78.